The smallest absolute Gasteiger partial charge is 0.255 e. The number of primary sulfonamides is 1. The van der Waals surface area contributed by atoms with Crippen molar-refractivity contribution in [2.75, 3.05) is 24.2 Å². The van der Waals surface area contributed by atoms with E-state index >= 15 is 0 Å². The lowest BCUT2D eigenvalue weighted by Crippen LogP contribution is -2.26. The van der Waals surface area contributed by atoms with E-state index in [9.17, 15) is 17.2 Å². The van der Waals surface area contributed by atoms with Crippen molar-refractivity contribution in [1.29, 1.82) is 0 Å². The minimum Gasteiger partial charge on any atom is -0.399 e. The topological polar surface area (TPSA) is 89.4 Å². The molecule has 0 atom stereocenters. The van der Waals surface area contributed by atoms with Crippen LogP contribution in [0.2, 0.25) is 0 Å². The Labute approximate surface area is 104 Å². The quantitative estimate of drug-likeness (QED) is 0.802. The van der Waals surface area contributed by atoms with Crippen LogP contribution in [0.25, 0.3) is 0 Å². The van der Waals surface area contributed by atoms with E-state index in [4.69, 9.17) is 10.9 Å². The summed E-state index contributed by atoms with van der Waals surface area (Å²) in [6.45, 7) is 0.977. The Morgan fingerprint density at radius 3 is 2.39 bits per heavy atom. The zero-order valence-corrected chi connectivity index (χ0v) is 10.8. The fourth-order valence-electron chi connectivity index (χ4n) is 1.69. The van der Waals surface area contributed by atoms with E-state index in [1.54, 1.807) is 0 Å². The molecule has 0 spiro atoms. The summed E-state index contributed by atoms with van der Waals surface area (Å²) in [5, 5.41) is 5.05. The van der Waals surface area contributed by atoms with Crippen LogP contribution in [-0.4, -0.2) is 28.4 Å². The highest BCUT2D eigenvalue weighted by Gasteiger charge is 2.18. The molecule has 0 radical (unpaired) electrons. The Kier molecular flexibility index (Phi) is 4.12. The first-order valence-corrected chi connectivity index (χ1v) is 6.59. The number of sulfonamides is 1. The largest absolute Gasteiger partial charge is 0.399 e. The summed E-state index contributed by atoms with van der Waals surface area (Å²) < 4.78 is 47.4. The highest BCUT2D eigenvalue weighted by molar-refractivity contribution is 7.89. The monoisotopic (exact) mass is 279 g/mol. The van der Waals surface area contributed by atoms with Gasteiger partial charge in [-0.05, 0) is 24.6 Å². The third-order valence-corrected chi connectivity index (χ3v) is 3.52. The molecule has 0 aliphatic carbocycles. The van der Waals surface area contributed by atoms with E-state index in [-0.39, 0.29) is 10.6 Å². The molecule has 0 aliphatic rings. The number of rotatable bonds is 4. The van der Waals surface area contributed by atoms with Crippen LogP contribution in [0.4, 0.5) is 20.2 Å². The first kappa shape index (κ1) is 14.7. The highest BCUT2D eigenvalue weighted by Crippen LogP contribution is 2.28. The molecule has 0 aliphatic heterocycles. The Morgan fingerprint density at radius 1 is 1.39 bits per heavy atom. The molecular formula is C10H15F2N3O2S. The number of halogens is 2. The van der Waals surface area contributed by atoms with Gasteiger partial charge < -0.3 is 10.6 Å². The van der Waals surface area contributed by atoms with Crippen LogP contribution in [0.1, 0.15) is 5.56 Å². The second kappa shape index (κ2) is 5.07. The maximum atomic E-state index is 12.3. The van der Waals surface area contributed by atoms with E-state index in [0.717, 1.165) is 0 Å². The molecule has 0 amide bonds. The molecule has 1 aromatic rings. The van der Waals surface area contributed by atoms with Crippen molar-refractivity contribution in [1.82, 2.24) is 0 Å². The van der Waals surface area contributed by atoms with Crippen LogP contribution in [-0.2, 0) is 10.0 Å². The van der Waals surface area contributed by atoms with E-state index in [2.05, 4.69) is 0 Å². The number of alkyl halides is 2. The lowest BCUT2D eigenvalue weighted by molar-refractivity contribution is 0.156. The zero-order valence-electron chi connectivity index (χ0n) is 10.0. The summed E-state index contributed by atoms with van der Waals surface area (Å²) in [4.78, 5) is 1.09. The average Bonchev–Trinajstić information content (AvgIpc) is 2.18. The molecule has 8 heteroatoms. The van der Waals surface area contributed by atoms with Crippen molar-refractivity contribution >= 4 is 21.4 Å². The van der Waals surface area contributed by atoms with Gasteiger partial charge in [0.1, 0.15) is 0 Å². The molecule has 0 bridgehead atoms. The third-order valence-electron chi connectivity index (χ3n) is 2.48. The zero-order chi connectivity index (χ0) is 14.1. The number of benzene rings is 1. The SMILES string of the molecule is Cc1c(N(C)CC(F)F)cc(N)cc1S(N)(=O)=O. The Bertz CT molecular complexity index is 546. The third kappa shape index (κ3) is 3.30. The van der Waals surface area contributed by atoms with Crippen LogP contribution in [0, 0.1) is 6.92 Å². The molecule has 4 N–H and O–H groups in total. The van der Waals surface area contributed by atoms with Crippen molar-refractivity contribution < 1.29 is 17.2 Å². The number of hydrogen-bond donors (Lipinski definition) is 2. The lowest BCUT2D eigenvalue weighted by atomic mass is 10.1. The number of hydrogen-bond acceptors (Lipinski definition) is 4. The van der Waals surface area contributed by atoms with Crippen molar-refractivity contribution in [3.63, 3.8) is 0 Å². The van der Waals surface area contributed by atoms with Gasteiger partial charge in [-0.1, -0.05) is 0 Å². The number of anilines is 2. The molecule has 0 fully saturated rings. The molecule has 0 unspecified atom stereocenters. The van der Waals surface area contributed by atoms with Crippen LogP contribution >= 0.6 is 0 Å². The normalized spacial score (nSPS) is 11.9. The van der Waals surface area contributed by atoms with Gasteiger partial charge in [-0.15, -0.1) is 0 Å². The molecule has 18 heavy (non-hydrogen) atoms. The Hall–Kier alpha value is -1.41. The molecule has 1 rings (SSSR count). The van der Waals surface area contributed by atoms with Crippen LogP contribution in [0.3, 0.4) is 0 Å². The minimum atomic E-state index is -3.93. The molecular weight excluding hydrogens is 264 g/mol. The second-order valence-electron chi connectivity index (χ2n) is 3.98. The van der Waals surface area contributed by atoms with Gasteiger partial charge in [0.15, 0.2) is 0 Å². The fourth-order valence-corrected chi connectivity index (χ4v) is 2.52. The lowest BCUT2D eigenvalue weighted by Gasteiger charge is -2.22. The van der Waals surface area contributed by atoms with Crippen LogP contribution < -0.4 is 15.8 Å². The maximum Gasteiger partial charge on any atom is 0.255 e. The molecule has 0 saturated heterocycles. The van der Waals surface area contributed by atoms with Gasteiger partial charge >= 0.3 is 0 Å². The van der Waals surface area contributed by atoms with Gasteiger partial charge in [0.2, 0.25) is 10.0 Å². The molecule has 5 nitrogen and oxygen atoms in total. The van der Waals surface area contributed by atoms with E-state index in [1.807, 2.05) is 0 Å². The Morgan fingerprint density at radius 2 is 1.94 bits per heavy atom. The number of nitrogens with zero attached hydrogens (tertiary/aromatic N) is 1. The van der Waals surface area contributed by atoms with Gasteiger partial charge in [0.25, 0.3) is 6.43 Å². The Balaban J connectivity index is 3.34. The van der Waals surface area contributed by atoms with Crippen molar-refractivity contribution in [2.45, 2.75) is 18.2 Å². The van der Waals surface area contributed by atoms with Crippen molar-refractivity contribution in [3.8, 4) is 0 Å². The molecule has 1 aromatic carbocycles. The predicted molar refractivity (Wildman–Crippen MR) is 66.2 cm³/mol. The molecule has 0 saturated carbocycles. The molecule has 0 aromatic heterocycles. The second-order valence-corrected chi connectivity index (χ2v) is 5.51. The summed E-state index contributed by atoms with van der Waals surface area (Å²) in [6, 6.07) is 2.65. The van der Waals surface area contributed by atoms with Crippen molar-refractivity contribution in [3.05, 3.63) is 17.7 Å². The first-order chi connectivity index (χ1) is 8.12. The highest BCUT2D eigenvalue weighted by atomic mass is 32.2. The number of nitrogens with two attached hydrogens (primary N) is 2. The van der Waals surface area contributed by atoms with Crippen LogP contribution in [0.15, 0.2) is 17.0 Å². The summed E-state index contributed by atoms with van der Waals surface area (Å²) in [5.41, 5.74) is 6.33. The molecule has 0 heterocycles. The van der Waals surface area contributed by atoms with Gasteiger partial charge in [-0.3, -0.25) is 0 Å². The van der Waals surface area contributed by atoms with Gasteiger partial charge in [-0.25, -0.2) is 22.3 Å². The van der Waals surface area contributed by atoms with E-state index in [1.165, 1.54) is 31.0 Å². The van der Waals surface area contributed by atoms with Crippen molar-refractivity contribution in [2.24, 2.45) is 5.14 Å². The summed E-state index contributed by atoms with van der Waals surface area (Å²) >= 11 is 0. The summed E-state index contributed by atoms with van der Waals surface area (Å²) in [7, 11) is -2.50. The maximum absolute atomic E-state index is 12.3. The fraction of sp³-hybridized carbons (Fsp3) is 0.400. The first-order valence-electron chi connectivity index (χ1n) is 5.05. The van der Waals surface area contributed by atoms with Gasteiger partial charge in [-0.2, -0.15) is 0 Å². The van der Waals surface area contributed by atoms with Gasteiger partial charge in [0, 0.05) is 18.4 Å². The minimum absolute atomic E-state index is 0.153. The number of nitrogen functional groups attached to an aromatic ring is 1. The summed E-state index contributed by atoms with van der Waals surface area (Å²) in [5.74, 6) is 0. The average molecular weight is 279 g/mol. The molecule has 102 valence electrons. The predicted octanol–water partition coefficient (Wildman–Crippen LogP) is 0.926. The van der Waals surface area contributed by atoms with E-state index in [0.29, 0.717) is 11.3 Å². The standard InChI is InChI=1S/C10H15F2N3O2S/c1-6-8(15(2)5-10(11)12)3-7(13)4-9(6)18(14,16)17/h3-4,10H,5,13H2,1-2H3,(H2,14,16,17). The van der Waals surface area contributed by atoms with E-state index < -0.39 is 23.0 Å². The van der Waals surface area contributed by atoms with Gasteiger partial charge in [0.05, 0.1) is 11.4 Å². The summed E-state index contributed by atoms with van der Waals surface area (Å²) in [6.07, 6.45) is -2.53. The van der Waals surface area contributed by atoms with Crippen LogP contribution in [0.5, 0.6) is 0 Å².